The zero-order valence-corrected chi connectivity index (χ0v) is 38.7. The van der Waals surface area contributed by atoms with Crippen molar-refractivity contribution in [2.24, 2.45) is 0 Å². The molecule has 2 aliphatic carbocycles. The molecule has 10 aromatic carbocycles. The summed E-state index contributed by atoms with van der Waals surface area (Å²) in [6.07, 6.45) is 0. The van der Waals surface area contributed by atoms with E-state index in [1.165, 1.54) is 34.4 Å². The van der Waals surface area contributed by atoms with E-state index in [-0.39, 0.29) is 16.5 Å². The standard InChI is InChI=1S/C65H40F2N4/c1-65(2)54-14-7-6-13-50(54)51-28-27-47(36-55(51)65)64-70-62(43-9-4-3-5-10-43)69-63(71-64)44-25-23-42(24-26-44)49-30-32-53-59-52(60-56(66)33-34-57(67)61(53)60)31-29-48(58(49)59)41-21-19-40(20-22-41)46-12-8-11-45(35-46)39-17-15-38(37-68)16-18-39/h3-36H,1-2H3. The van der Waals surface area contributed by atoms with Gasteiger partial charge >= 0.3 is 0 Å². The van der Waals surface area contributed by atoms with Crippen molar-refractivity contribution in [1.29, 1.82) is 5.26 Å². The van der Waals surface area contributed by atoms with Crippen LogP contribution in [0.15, 0.2) is 206 Å². The molecule has 6 heteroatoms. The fourth-order valence-corrected chi connectivity index (χ4v) is 10.9. The van der Waals surface area contributed by atoms with E-state index in [1.54, 1.807) is 0 Å². The summed E-state index contributed by atoms with van der Waals surface area (Å²) in [5.41, 5.74) is 18.0. The summed E-state index contributed by atoms with van der Waals surface area (Å²) in [4.78, 5) is 15.3. The molecule has 0 atom stereocenters. The van der Waals surface area contributed by atoms with Crippen LogP contribution in [0.2, 0.25) is 0 Å². The van der Waals surface area contributed by atoms with Crippen LogP contribution in [0.5, 0.6) is 0 Å². The zero-order valence-electron chi connectivity index (χ0n) is 38.7. The second kappa shape index (κ2) is 16.2. The Morgan fingerprint density at radius 1 is 0.352 bits per heavy atom. The molecule has 0 N–H and O–H groups in total. The fourth-order valence-electron chi connectivity index (χ4n) is 10.9. The second-order valence-electron chi connectivity index (χ2n) is 18.9. The maximum Gasteiger partial charge on any atom is 0.164 e. The maximum atomic E-state index is 15.8. The van der Waals surface area contributed by atoms with Crippen LogP contribution in [0.25, 0.3) is 123 Å². The Hall–Kier alpha value is -9.18. The lowest BCUT2D eigenvalue weighted by molar-refractivity contribution is 0.607. The van der Waals surface area contributed by atoms with Gasteiger partial charge in [0.25, 0.3) is 0 Å². The van der Waals surface area contributed by atoms with Gasteiger partial charge in [0, 0.05) is 33.2 Å². The first-order valence-corrected chi connectivity index (χ1v) is 23.7. The third-order valence-electron chi connectivity index (χ3n) is 14.5. The van der Waals surface area contributed by atoms with Gasteiger partial charge in [0.1, 0.15) is 11.6 Å². The number of aromatic nitrogens is 3. The number of fused-ring (bicyclic) bond motifs is 6. The van der Waals surface area contributed by atoms with Gasteiger partial charge in [-0.1, -0.05) is 184 Å². The minimum Gasteiger partial charge on any atom is -0.208 e. The Morgan fingerprint density at radius 2 is 0.775 bits per heavy atom. The predicted octanol–water partition coefficient (Wildman–Crippen LogP) is 16.8. The lowest BCUT2D eigenvalue weighted by atomic mass is 9.82. The molecule has 4 nitrogen and oxygen atoms in total. The molecule has 11 aromatic rings. The molecule has 1 aromatic heterocycles. The van der Waals surface area contributed by atoms with E-state index < -0.39 is 11.6 Å². The number of halogens is 2. The van der Waals surface area contributed by atoms with Crippen LogP contribution < -0.4 is 0 Å². The largest absolute Gasteiger partial charge is 0.208 e. The van der Waals surface area contributed by atoms with E-state index >= 15 is 8.78 Å². The van der Waals surface area contributed by atoms with E-state index in [0.717, 1.165) is 72.0 Å². The molecule has 0 amide bonds. The predicted molar refractivity (Wildman–Crippen MR) is 282 cm³/mol. The molecule has 2 aliphatic rings. The third kappa shape index (κ3) is 6.81. The van der Waals surface area contributed by atoms with Crippen molar-refractivity contribution >= 4 is 10.8 Å². The molecule has 13 rings (SSSR count). The van der Waals surface area contributed by atoms with Gasteiger partial charge in [-0.3, -0.25) is 0 Å². The van der Waals surface area contributed by atoms with Crippen LogP contribution >= 0.6 is 0 Å². The number of benzene rings is 10. The summed E-state index contributed by atoms with van der Waals surface area (Å²) < 4.78 is 31.6. The van der Waals surface area contributed by atoms with E-state index in [9.17, 15) is 5.26 Å². The lowest BCUT2D eigenvalue weighted by Crippen LogP contribution is -2.15. The summed E-state index contributed by atoms with van der Waals surface area (Å²) in [6, 6.07) is 70.4. The smallest absolute Gasteiger partial charge is 0.164 e. The monoisotopic (exact) mass is 914 g/mol. The minimum atomic E-state index is -0.453. The van der Waals surface area contributed by atoms with Gasteiger partial charge in [-0.15, -0.1) is 0 Å². The summed E-state index contributed by atoms with van der Waals surface area (Å²) in [5, 5.41) is 11.0. The number of nitrogens with zero attached hydrogens (tertiary/aromatic N) is 4. The molecule has 0 aliphatic heterocycles. The van der Waals surface area contributed by atoms with Crippen LogP contribution in [0.4, 0.5) is 8.78 Å². The van der Waals surface area contributed by atoms with Crippen LogP contribution in [-0.2, 0) is 5.41 Å². The SMILES string of the molecule is CC1(C)c2ccccc2-c2ccc(-c3nc(-c4ccccc4)nc(-c4ccc(-c5ccc6c7c(ccc(-c8ccc(-c9cccc(-c%10ccc(C#N)cc%10)c9)cc8)c57)-c5c(F)ccc(F)c5-6)cc4)n3)cc21. The van der Waals surface area contributed by atoms with Crippen LogP contribution in [0.1, 0.15) is 30.5 Å². The van der Waals surface area contributed by atoms with Crippen LogP contribution in [0.3, 0.4) is 0 Å². The van der Waals surface area contributed by atoms with Crippen molar-refractivity contribution in [3.63, 3.8) is 0 Å². The van der Waals surface area contributed by atoms with Gasteiger partial charge in [0.05, 0.1) is 11.6 Å². The Bertz CT molecular complexity index is 3990. The summed E-state index contributed by atoms with van der Waals surface area (Å²) >= 11 is 0. The molecular weight excluding hydrogens is 875 g/mol. The Balaban J connectivity index is 0.915. The van der Waals surface area contributed by atoms with Crippen molar-refractivity contribution in [2.45, 2.75) is 19.3 Å². The second-order valence-corrected chi connectivity index (χ2v) is 18.9. The van der Waals surface area contributed by atoms with Crippen molar-refractivity contribution in [1.82, 2.24) is 15.0 Å². The van der Waals surface area contributed by atoms with Crippen molar-refractivity contribution < 1.29 is 8.78 Å². The van der Waals surface area contributed by atoms with E-state index in [4.69, 9.17) is 15.0 Å². The molecule has 0 bridgehead atoms. The zero-order chi connectivity index (χ0) is 48.0. The van der Waals surface area contributed by atoms with E-state index in [0.29, 0.717) is 34.2 Å². The Morgan fingerprint density at radius 3 is 1.37 bits per heavy atom. The van der Waals surface area contributed by atoms with Gasteiger partial charge in [0.2, 0.25) is 0 Å². The molecular formula is C65H40F2N4. The van der Waals surface area contributed by atoms with Crippen LogP contribution in [0, 0.1) is 23.0 Å². The molecule has 0 fully saturated rings. The number of hydrogen-bond donors (Lipinski definition) is 0. The Labute approximate surface area is 409 Å². The molecule has 0 saturated heterocycles. The van der Waals surface area contributed by atoms with Gasteiger partial charge in [-0.05, 0) is 125 Å². The molecule has 71 heavy (non-hydrogen) atoms. The average molecular weight is 915 g/mol. The summed E-state index contributed by atoms with van der Waals surface area (Å²) in [7, 11) is 0. The topological polar surface area (TPSA) is 62.5 Å². The van der Waals surface area contributed by atoms with E-state index in [1.807, 2.05) is 97.1 Å². The highest BCUT2D eigenvalue weighted by molar-refractivity contribution is 6.22. The van der Waals surface area contributed by atoms with Crippen molar-refractivity contribution in [3.8, 4) is 118 Å². The van der Waals surface area contributed by atoms with Gasteiger partial charge in [0.15, 0.2) is 17.5 Å². The van der Waals surface area contributed by atoms with Crippen LogP contribution in [-0.4, -0.2) is 15.0 Å². The van der Waals surface area contributed by atoms with Crippen molar-refractivity contribution in [3.05, 3.63) is 235 Å². The highest BCUT2D eigenvalue weighted by atomic mass is 19.1. The molecule has 1 heterocycles. The highest BCUT2D eigenvalue weighted by Gasteiger charge is 2.36. The molecule has 0 radical (unpaired) electrons. The lowest BCUT2D eigenvalue weighted by Gasteiger charge is -2.21. The normalized spacial score (nSPS) is 12.6. The molecule has 0 unspecified atom stereocenters. The molecule has 0 saturated carbocycles. The number of nitriles is 1. The maximum absolute atomic E-state index is 15.8. The Kier molecular flexibility index (Phi) is 9.59. The summed E-state index contributed by atoms with van der Waals surface area (Å²) in [5.74, 6) is 0.817. The quantitative estimate of drug-likeness (QED) is 0.160. The van der Waals surface area contributed by atoms with Gasteiger partial charge in [-0.2, -0.15) is 5.26 Å². The molecule has 0 spiro atoms. The summed E-state index contributed by atoms with van der Waals surface area (Å²) in [6.45, 7) is 4.55. The number of hydrogen-bond acceptors (Lipinski definition) is 4. The fraction of sp³-hybridized carbons (Fsp3) is 0.0462. The van der Waals surface area contributed by atoms with Gasteiger partial charge < -0.3 is 0 Å². The third-order valence-corrected chi connectivity index (χ3v) is 14.5. The minimum absolute atomic E-state index is 0.186. The first-order valence-electron chi connectivity index (χ1n) is 23.7. The van der Waals surface area contributed by atoms with Gasteiger partial charge in [-0.25, -0.2) is 23.7 Å². The first-order chi connectivity index (χ1) is 34.7. The van der Waals surface area contributed by atoms with Crippen molar-refractivity contribution in [2.75, 3.05) is 0 Å². The first kappa shape index (κ1) is 42.0. The highest BCUT2D eigenvalue weighted by Crippen LogP contribution is 2.54. The molecule has 334 valence electrons. The average Bonchev–Trinajstić information content (AvgIpc) is 3.89. The number of rotatable bonds is 7. The van der Waals surface area contributed by atoms with E-state index in [2.05, 4.69) is 117 Å².